The zero-order valence-corrected chi connectivity index (χ0v) is 22.1. The fraction of sp³-hybridized carbons (Fsp3) is 0.355. The van der Waals surface area contributed by atoms with E-state index in [1.807, 2.05) is 18.2 Å². The molecule has 1 unspecified atom stereocenters. The van der Waals surface area contributed by atoms with Gasteiger partial charge in [-0.05, 0) is 48.7 Å². The molecule has 0 radical (unpaired) electrons. The molecule has 3 aromatic rings. The topological polar surface area (TPSA) is 57.6 Å². The number of carbonyl (C=O) groups is 1. The van der Waals surface area contributed by atoms with Crippen LogP contribution < -0.4 is 9.47 Å². The van der Waals surface area contributed by atoms with Crippen molar-refractivity contribution in [3.05, 3.63) is 94.5 Å². The van der Waals surface area contributed by atoms with Gasteiger partial charge in [0, 0.05) is 44.7 Å². The monoisotopic (exact) mass is 510 g/mol. The molecule has 3 aromatic carbocycles. The van der Waals surface area contributed by atoms with Gasteiger partial charge in [-0.25, -0.2) is 5.01 Å². The molecule has 3 aliphatic heterocycles. The Bertz CT molecular complexity index is 1350. The maximum atomic E-state index is 13.7. The largest absolute Gasteiger partial charge is 0.454 e. The SMILES string of the molecule is Cc1ccc(C)c(C2=NN(C(=O)CN3CCN(Cc4ccccc4)CC3)C(c3ccc4c(c3)OCO4)C2)c1. The molecule has 0 aromatic heterocycles. The van der Waals surface area contributed by atoms with Crippen LogP contribution in [0.4, 0.5) is 0 Å². The lowest BCUT2D eigenvalue weighted by atomic mass is 9.95. The van der Waals surface area contributed by atoms with E-state index in [1.54, 1.807) is 5.01 Å². The van der Waals surface area contributed by atoms with Gasteiger partial charge in [0.05, 0.1) is 18.3 Å². The van der Waals surface area contributed by atoms with Crippen LogP contribution in [0, 0.1) is 13.8 Å². The Labute approximate surface area is 224 Å². The van der Waals surface area contributed by atoms with Gasteiger partial charge in [0.1, 0.15) is 0 Å². The minimum atomic E-state index is -0.175. The molecule has 1 atom stereocenters. The van der Waals surface area contributed by atoms with Crippen LogP contribution in [-0.4, -0.2) is 65.9 Å². The molecule has 0 N–H and O–H groups in total. The number of fused-ring (bicyclic) bond motifs is 1. The first kappa shape index (κ1) is 24.6. The number of ether oxygens (including phenoxy) is 2. The first-order chi connectivity index (χ1) is 18.5. The van der Waals surface area contributed by atoms with E-state index in [0.29, 0.717) is 13.0 Å². The molecular weight excluding hydrogens is 476 g/mol. The molecule has 1 fully saturated rings. The van der Waals surface area contributed by atoms with Gasteiger partial charge in [-0.3, -0.25) is 14.6 Å². The van der Waals surface area contributed by atoms with Crippen molar-refractivity contribution in [2.24, 2.45) is 5.10 Å². The average Bonchev–Trinajstić information content (AvgIpc) is 3.59. The third kappa shape index (κ3) is 5.17. The average molecular weight is 511 g/mol. The summed E-state index contributed by atoms with van der Waals surface area (Å²) in [5.74, 6) is 1.50. The van der Waals surface area contributed by atoms with Gasteiger partial charge in [-0.1, -0.05) is 54.1 Å². The molecule has 1 saturated heterocycles. The van der Waals surface area contributed by atoms with Gasteiger partial charge in [-0.2, -0.15) is 5.10 Å². The van der Waals surface area contributed by atoms with E-state index < -0.39 is 0 Å². The Morgan fingerprint density at radius 2 is 1.66 bits per heavy atom. The highest BCUT2D eigenvalue weighted by Gasteiger charge is 2.35. The molecule has 196 valence electrons. The van der Waals surface area contributed by atoms with Crippen LogP contribution in [0.2, 0.25) is 0 Å². The smallest absolute Gasteiger partial charge is 0.257 e. The highest BCUT2D eigenvalue weighted by atomic mass is 16.7. The number of aryl methyl sites for hydroxylation is 2. The number of rotatable bonds is 6. The van der Waals surface area contributed by atoms with Gasteiger partial charge in [-0.15, -0.1) is 0 Å². The maximum Gasteiger partial charge on any atom is 0.257 e. The summed E-state index contributed by atoms with van der Waals surface area (Å²) in [6.07, 6.45) is 0.667. The number of piperazine rings is 1. The van der Waals surface area contributed by atoms with Crippen LogP contribution in [0.15, 0.2) is 71.8 Å². The van der Waals surface area contributed by atoms with Crippen molar-refractivity contribution in [1.82, 2.24) is 14.8 Å². The van der Waals surface area contributed by atoms with Crippen molar-refractivity contribution in [2.45, 2.75) is 32.9 Å². The molecule has 3 aliphatic rings. The van der Waals surface area contributed by atoms with Gasteiger partial charge >= 0.3 is 0 Å². The van der Waals surface area contributed by atoms with Crippen molar-refractivity contribution in [1.29, 1.82) is 0 Å². The van der Waals surface area contributed by atoms with Crippen molar-refractivity contribution >= 4 is 11.6 Å². The number of nitrogens with zero attached hydrogens (tertiary/aromatic N) is 4. The lowest BCUT2D eigenvalue weighted by molar-refractivity contribution is -0.134. The summed E-state index contributed by atoms with van der Waals surface area (Å²) in [5, 5.41) is 6.65. The third-order valence-corrected chi connectivity index (χ3v) is 7.72. The summed E-state index contributed by atoms with van der Waals surface area (Å²) < 4.78 is 11.2. The molecule has 0 spiro atoms. The van der Waals surface area contributed by atoms with Gasteiger partial charge < -0.3 is 9.47 Å². The normalized spacial score (nSPS) is 19.6. The number of hydrazone groups is 1. The predicted molar refractivity (Wildman–Crippen MR) is 147 cm³/mol. The minimum Gasteiger partial charge on any atom is -0.454 e. The first-order valence-electron chi connectivity index (χ1n) is 13.4. The Balaban J connectivity index is 1.18. The highest BCUT2D eigenvalue weighted by Crippen LogP contribution is 2.39. The lowest BCUT2D eigenvalue weighted by Crippen LogP contribution is -2.49. The standard InChI is InChI=1S/C31H34N4O3/c1-22-8-9-23(2)26(16-22)27-18-28(25-10-11-29-30(17-25)38-21-37-29)35(32-27)31(36)20-34-14-12-33(13-15-34)19-24-6-4-3-5-7-24/h3-11,16-17,28H,12-15,18-21H2,1-2H3. The first-order valence-corrected chi connectivity index (χ1v) is 13.4. The van der Waals surface area contributed by atoms with Crippen LogP contribution in [0.3, 0.4) is 0 Å². The summed E-state index contributed by atoms with van der Waals surface area (Å²) in [7, 11) is 0. The van der Waals surface area contributed by atoms with Crippen molar-refractivity contribution in [2.75, 3.05) is 39.5 Å². The predicted octanol–water partition coefficient (Wildman–Crippen LogP) is 4.53. The van der Waals surface area contributed by atoms with E-state index >= 15 is 0 Å². The molecular formula is C31H34N4O3. The lowest BCUT2D eigenvalue weighted by Gasteiger charge is -2.35. The maximum absolute atomic E-state index is 13.7. The van der Waals surface area contributed by atoms with Crippen LogP contribution in [-0.2, 0) is 11.3 Å². The third-order valence-electron chi connectivity index (χ3n) is 7.72. The summed E-state index contributed by atoms with van der Waals surface area (Å²) in [6, 6.07) is 22.8. The zero-order chi connectivity index (χ0) is 26.1. The summed E-state index contributed by atoms with van der Waals surface area (Å²) in [6.45, 7) is 9.38. The number of hydrogen-bond donors (Lipinski definition) is 0. The summed E-state index contributed by atoms with van der Waals surface area (Å²) in [4.78, 5) is 18.5. The van der Waals surface area contributed by atoms with Crippen LogP contribution in [0.1, 0.15) is 40.3 Å². The van der Waals surface area contributed by atoms with E-state index in [4.69, 9.17) is 14.6 Å². The second-order valence-electron chi connectivity index (χ2n) is 10.5. The quantitative estimate of drug-likeness (QED) is 0.488. The Morgan fingerprint density at radius 1 is 0.895 bits per heavy atom. The molecule has 0 bridgehead atoms. The number of benzene rings is 3. The van der Waals surface area contributed by atoms with Gasteiger partial charge in [0.25, 0.3) is 5.91 Å². The molecule has 3 heterocycles. The summed E-state index contributed by atoms with van der Waals surface area (Å²) >= 11 is 0. The fourth-order valence-electron chi connectivity index (χ4n) is 5.54. The van der Waals surface area contributed by atoms with E-state index in [2.05, 4.69) is 72.2 Å². The molecule has 6 rings (SSSR count). The van der Waals surface area contributed by atoms with Crippen molar-refractivity contribution in [3.8, 4) is 11.5 Å². The molecule has 0 aliphatic carbocycles. The van der Waals surface area contributed by atoms with E-state index in [-0.39, 0.29) is 18.7 Å². The molecule has 7 heteroatoms. The molecule has 38 heavy (non-hydrogen) atoms. The van der Waals surface area contributed by atoms with Crippen LogP contribution >= 0.6 is 0 Å². The molecule has 1 amide bonds. The summed E-state index contributed by atoms with van der Waals surface area (Å²) in [5.41, 5.74) is 6.76. The van der Waals surface area contributed by atoms with E-state index in [9.17, 15) is 4.79 Å². The second-order valence-corrected chi connectivity index (χ2v) is 10.5. The zero-order valence-electron chi connectivity index (χ0n) is 22.1. The fourth-order valence-corrected chi connectivity index (χ4v) is 5.54. The van der Waals surface area contributed by atoms with Crippen molar-refractivity contribution in [3.63, 3.8) is 0 Å². The molecule has 0 saturated carbocycles. The second kappa shape index (κ2) is 10.6. The van der Waals surface area contributed by atoms with E-state index in [1.165, 1.54) is 16.7 Å². The van der Waals surface area contributed by atoms with Crippen LogP contribution in [0.25, 0.3) is 0 Å². The number of amides is 1. The Morgan fingerprint density at radius 3 is 2.47 bits per heavy atom. The van der Waals surface area contributed by atoms with Gasteiger partial charge in [0.15, 0.2) is 11.5 Å². The van der Waals surface area contributed by atoms with Gasteiger partial charge in [0.2, 0.25) is 6.79 Å². The molecule has 7 nitrogen and oxygen atoms in total. The van der Waals surface area contributed by atoms with Crippen LogP contribution in [0.5, 0.6) is 11.5 Å². The number of hydrogen-bond acceptors (Lipinski definition) is 6. The Kier molecular flexibility index (Phi) is 6.87. The highest BCUT2D eigenvalue weighted by molar-refractivity contribution is 6.04. The van der Waals surface area contributed by atoms with E-state index in [0.717, 1.165) is 61.1 Å². The van der Waals surface area contributed by atoms with Crippen molar-refractivity contribution < 1.29 is 14.3 Å². The number of carbonyl (C=O) groups excluding carboxylic acids is 1. The minimum absolute atomic E-state index is 0.0319. The Hall–Kier alpha value is -3.68.